The molecule has 3 aromatic rings. The second kappa shape index (κ2) is 9.47. The number of nitrogens with one attached hydrogen (secondary N) is 2. The van der Waals surface area contributed by atoms with E-state index in [1.165, 1.54) is 16.9 Å². The molecule has 1 amide bonds. The highest BCUT2D eigenvalue weighted by Crippen LogP contribution is 2.29. The fraction of sp³-hybridized carbons (Fsp3) is 0.286. The van der Waals surface area contributed by atoms with Crippen LogP contribution in [0.4, 0.5) is 19.0 Å². The van der Waals surface area contributed by atoms with Gasteiger partial charge in [0.05, 0.1) is 28.6 Å². The average Bonchev–Trinajstić information content (AvgIpc) is 3.22. The van der Waals surface area contributed by atoms with E-state index in [0.29, 0.717) is 29.2 Å². The van der Waals surface area contributed by atoms with Crippen LogP contribution in [0.5, 0.6) is 0 Å². The van der Waals surface area contributed by atoms with E-state index in [0.717, 1.165) is 12.3 Å². The predicted molar refractivity (Wildman–Crippen MR) is 110 cm³/mol. The van der Waals surface area contributed by atoms with Gasteiger partial charge in [-0.15, -0.1) is 0 Å². The predicted octanol–water partition coefficient (Wildman–Crippen LogP) is 3.52. The van der Waals surface area contributed by atoms with Crippen LogP contribution in [-0.4, -0.2) is 38.7 Å². The van der Waals surface area contributed by atoms with Gasteiger partial charge in [-0.3, -0.25) is 4.79 Å². The number of hydrogen-bond donors (Lipinski definition) is 2. The minimum Gasteiger partial charge on any atom is -0.367 e. The smallest absolute Gasteiger partial charge is 0.367 e. The summed E-state index contributed by atoms with van der Waals surface area (Å²) in [4.78, 5) is 20.7. The number of hydrogen-bond acceptors (Lipinski definition) is 6. The third-order valence-electron chi connectivity index (χ3n) is 4.52. The minimum absolute atomic E-state index is 0.146. The zero-order valence-electron chi connectivity index (χ0n) is 17.3. The summed E-state index contributed by atoms with van der Waals surface area (Å²) in [7, 11) is 0. The third-order valence-corrected chi connectivity index (χ3v) is 4.52. The second-order valence-corrected chi connectivity index (χ2v) is 7.11. The Morgan fingerprint density at radius 1 is 1.19 bits per heavy atom. The van der Waals surface area contributed by atoms with Crippen LogP contribution < -0.4 is 10.6 Å². The molecular weight excluding hydrogens is 423 g/mol. The Balaban J connectivity index is 1.71. The molecule has 0 aromatic carbocycles. The number of pyridine rings is 2. The number of amides is 1. The molecule has 0 saturated heterocycles. The van der Waals surface area contributed by atoms with Crippen LogP contribution in [0.15, 0.2) is 42.9 Å². The molecule has 11 heteroatoms. The molecule has 0 fully saturated rings. The number of rotatable bonds is 7. The Morgan fingerprint density at radius 2 is 1.97 bits per heavy atom. The summed E-state index contributed by atoms with van der Waals surface area (Å²) < 4.78 is 39.8. The van der Waals surface area contributed by atoms with Crippen molar-refractivity contribution in [2.24, 2.45) is 0 Å². The van der Waals surface area contributed by atoms with E-state index >= 15 is 0 Å². The lowest BCUT2D eigenvalue weighted by molar-refractivity contribution is -0.137. The van der Waals surface area contributed by atoms with Gasteiger partial charge in [-0.05, 0) is 30.2 Å². The molecule has 3 rings (SSSR count). The van der Waals surface area contributed by atoms with Crippen molar-refractivity contribution in [3.05, 3.63) is 65.2 Å². The zero-order chi connectivity index (χ0) is 23.3. The molecule has 3 aromatic heterocycles. The molecule has 3 heterocycles. The van der Waals surface area contributed by atoms with Crippen molar-refractivity contribution < 1.29 is 18.0 Å². The lowest BCUT2D eigenvalue weighted by atomic mass is 10.1. The summed E-state index contributed by atoms with van der Waals surface area (Å²) in [5, 5.41) is 19.0. The van der Waals surface area contributed by atoms with Crippen LogP contribution in [0.1, 0.15) is 46.9 Å². The highest BCUT2D eigenvalue weighted by molar-refractivity contribution is 5.95. The van der Waals surface area contributed by atoms with E-state index in [1.807, 2.05) is 19.9 Å². The summed E-state index contributed by atoms with van der Waals surface area (Å²) in [6, 6.07) is 7.45. The molecule has 0 aliphatic rings. The number of nitriles is 1. The van der Waals surface area contributed by atoms with Crippen molar-refractivity contribution in [2.45, 2.75) is 25.9 Å². The Bertz CT molecular complexity index is 1130. The first-order valence-corrected chi connectivity index (χ1v) is 9.71. The maximum absolute atomic E-state index is 12.8. The Morgan fingerprint density at radius 3 is 2.59 bits per heavy atom. The summed E-state index contributed by atoms with van der Waals surface area (Å²) in [6.07, 6.45) is -0.831. The normalized spacial score (nSPS) is 11.3. The largest absolute Gasteiger partial charge is 0.417 e. The topological polar surface area (TPSA) is 109 Å². The quantitative estimate of drug-likeness (QED) is 0.541. The lowest BCUT2D eigenvalue weighted by Crippen LogP contribution is -2.29. The molecular formula is C21H20F3N7O. The van der Waals surface area contributed by atoms with Crippen LogP contribution in [0, 0.1) is 11.3 Å². The number of aromatic nitrogens is 4. The van der Waals surface area contributed by atoms with Gasteiger partial charge in [-0.25, -0.2) is 14.6 Å². The molecule has 2 N–H and O–H groups in total. The number of carbonyl (C=O) groups excluding carboxylic acids is 1. The Labute approximate surface area is 182 Å². The molecule has 32 heavy (non-hydrogen) atoms. The van der Waals surface area contributed by atoms with Gasteiger partial charge in [-0.1, -0.05) is 13.8 Å². The van der Waals surface area contributed by atoms with Crippen molar-refractivity contribution >= 4 is 11.7 Å². The number of halogens is 3. The van der Waals surface area contributed by atoms with E-state index in [9.17, 15) is 18.0 Å². The SMILES string of the molecule is CC(C)c1c(C(=O)NCCNc2ncccc2C#N)cnn1-c1ccc(C(F)(F)F)cn1. The minimum atomic E-state index is -4.49. The molecule has 0 saturated carbocycles. The maximum atomic E-state index is 12.8. The highest BCUT2D eigenvalue weighted by Gasteiger charge is 2.31. The van der Waals surface area contributed by atoms with Crippen LogP contribution in [0.2, 0.25) is 0 Å². The van der Waals surface area contributed by atoms with Gasteiger partial charge in [0.25, 0.3) is 5.91 Å². The Hall–Kier alpha value is -3.94. The van der Waals surface area contributed by atoms with Gasteiger partial charge in [0.2, 0.25) is 0 Å². The monoisotopic (exact) mass is 443 g/mol. The van der Waals surface area contributed by atoms with Crippen LogP contribution in [0.25, 0.3) is 5.82 Å². The summed E-state index contributed by atoms with van der Waals surface area (Å²) in [6.45, 7) is 4.28. The molecule has 166 valence electrons. The van der Waals surface area contributed by atoms with Crippen LogP contribution in [0.3, 0.4) is 0 Å². The Kier molecular flexibility index (Phi) is 6.73. The number of alkyl halides is 3. The van der Waals surface area contributed by atoms with E-state index in [4.69, 9.17) is 5.26 Å². The first-order chi connectivity index (χ1) is 15.2. The first kappa shape index (κ1) is 22.7. The van der Waals surface area contributed by atoms with Crippen molar-refractivity contribution in [1.29, 1.82) is 5.26 Å². The van der Waals surface area contributed by atoms with Gasteiger partial charge in [0.15, 0.2) is 5.82 Å². The van der Waals surface area contributed by atoms with Crippen molar-refractivity contribution in [2.75, 3.05) is 18.4 Å². The molecule has 0 aliphatic heterocycles. The average molecular weight is 443 g/mol. The highest BCUT2D eigenvalue weighted by atomic mass is 19.4. The summed E-state index contributed by atoms with van der Waals surface area (Å²) in [5.41, 5.74) is 0.361. The molecule has 8 nitrogen and oxygen atoms in total. The second-order valence-electron chi connectivity index (χ2n) is 7.11. The first-order valence-electron chi connectivity index (χ1n) is 9.71. The number of anilines is 1. The van der Waals surface area contributed by atoms with Gasteiger partial charge in [0, 0.05) is 25.5 Å². The molecule has 0 aliphatic carbocycles. The molecule has 0 radical (unpaired) electrons. The van der Waals surface area contributed by atoms with Gasteiger partial charge >= 0.3 is 6.18 Å². The van der Waals surface area contributed by atoms with Crippen molar-refractivity contribution in [3.8, 4) is 11.9 Å². The van der Waals surface area contributed by atoms with E-state index in [1.54, 1.807) is 18.3 Å². The summed E-state index contributed by atoms with van der Waals surface area (Å²) >= 11 is 0. The van der Waals surface area contributed by atoms with E-state index in [-0.39, 0.29) is 24.2 Å². The zero-order valence-corrected chi connectivity index (χ0v) is 17.3. The van der Waals surface area contributed by atoms with Crippen LogP contribution >= 0.6 is 0 Å². The molecule has 0 atom stereocenters. The standard InChI is InChI=1S/C21H20F3N7O/c1-13(2)18-16(12-30-31(18)17-6-5-15(11-29-17)21(22,23)24)20(32)28-9-8-27-19-14(10-25)4-3-7-26-19/h3-7,11-13H,8-9H2,1-2H3,(H,26,27)(H,28,32). The van der Waals surface area contributed by atoms with Gasteiger partial charge in [0.1, 0.15) is 11.9 Å². The number of nitrogens with zero attached hydrogens (tertiary/aromatic N) is 5. The summed E-state index contributed by atoms with van der Waals surface area (Å²) in [5.74, 6) is 0.0808. The lowest BCUT2D eigenvalue weighted by Gasteiger charge is -2.13. The van der Waals surface area contributed by atoms with Gasteiger partial charge < -0.3 is 10.6 Å². The van der Waals surface area contributed by atoms with Crippen LogP contribution in [-0.2, 0) is 6.18 Å². The maximum Gasteiger partial charge on any atom is 0.417 e. The van der Waals surface area contributed by atoms with Crippen molar-refractivity contribution in [1.82, 2.24) is 25.1 Å². The molecule has 0 bridgehead atoms. The number of carbonyl (C=O) groups is 1. The molecule has 0 unspecified atom stereocenters. The fourth-order valence-corrected chi connectivity index (χ4v) is 3.04. The fourth-order valence-electron chi connectivity index (χ4n) is 3.04. The van der Waals surface area contributed by atoms with Crippen molar-refractivity contribution in [3.63, 3.8) is 0 Å². The van der Waals surface area contributed by atoms with Gasteiger partial charge in [-0.2, -0.15) is 23.5 Å². The van der Waals surface area contributed by atoms with E-state index < -0.39 is 11.7 Å². The third kappa shape index (κ3) is 5.03. The van der Waals surface area contributed by atoms with E-state index in [2.05, 4.69) is 25.7 Å². The molecule has 0 spiro atoms.